The molecule has 1 saturated heterocycles. The first-order valence-corrected chi connectivity index (χ1v) is 8.53. The summed E-state index contributed by atoms with van der Waals surface area (Å²) in [5.41, 5.74) is 0.990. The smallest absolute Gasteiger partial charge is 0.410 e. The predicted octanol–water partition coefficient (Wildman–Crippen LogP) is 2.82. The van der Waals surface area contributed by atoms with Gasteiger partial charge in [-0.1, -0.05) is 12.1 Å². The van der Waals surface area contributed by atoms with Gasteiger partial charge in [-0.25, -0.2) is 4.79 Å². The lowest BCUT2D eigenvalue weighted by Crippen LogP contribution is -2.46. The topological polar surface area (TPSA) is 82.4 Å². The van der Waals surface area contributed by atoms with Crippen LogP contribution in [0.1, 0.15) is 44.7 Å². The average molecular weight is 343 g/mol. The van der Waals surface area contributed by atoms with E-state index in [4.69, 9.17) is 10.00 Å². The highest BCUT2D eigenvalue weighted by atomic mass is 16.6. The molecule has 0 aliphatic carbocycles. The molecule has 1 aromatic carbocycles. The SMILES string of the molecule is CC(C)(C)OC(=O)N1CCC[C@H](C(=O)NCc2ccc(C#N)cc2)C1. The normalized spacial score (nSPS) is 17.5. The molecule has 1 heterocycles. The number of ether oxygens (including phenoxy) is 1. The minimum absolute atomic E-state index is 0.0578. The fourth-order valence-corrected chi connectivity index (χ4v) is 2.71. The van der Waals surface area contributed by atoms with Gasteiger partial charge in [0, 0.05) is 19.6 Å². The second-order valence-corrected chi connectivity index (χ2v) is 7.29. The number of nitriles is 1. The summed E-state index contributed by atoms with van der Waals surface area (Å²) in [7, 11) is 0. The summed E-state index contributed by atoms with van der Waals surface area (Å²) in [5, 5.41) is 11.7. The van der Waals surface area contributed by atoms with Crippen LogP contribution < -0.4 is 5.32 Å². The zero-order chi connectivity index (χ0) is 18.4. The molecule has 2 rings (SSSR count). The van der Waals surface area contributed by atoms with Gasteiger partial charge in [-0.15, -0.1) is 0 Å². The van der Waals surface area contributed by atoms with Crippen LogP contribution in [-0.2, 0) is 16.1 Å². The molecule has 6 nitrogen and oxygen atoms in total. The molecule has 1 atom stereocenters. The molecule has 134 valence electrons. The molecule has 0 radical (unpaired) electrons. The van der Waals surface area contributed by atoms with Crippen LogP contribution in [0.3, 0.4) is 0 Å². The molecule has 25 heavy (non-hydrogen) atoms. The van der Waals surface area contributed by atoms with Gasteiger partial charge in [0.15, 0.2) is 0 Å². The van der Waals surface area contributed by atoms with Crippen LogP contribution in [0.15, 0.2) is 24.3 Å². The molecule has 2 amide bonds. The highest BCUT2D eigenvalue weighted by Crippen LogP contribution is 2.19. The third kappa shape index (κ3) is 5.79. The number of nitrogens with zero attached hydrogens (tertiary/aromatic N) is 2. The van der Waals surface area contributed by atoms with Crippen molar-refractivity contribution in [3.63, 3.8) is 0 Å². The highest BCUT2D eigenvalue weighted by molar-refractivity contribution is 5.80. The van der Waals surface area contributed by atoms with E-state index in [2.05, 4.69) is 11.4 Å². The molecule has 6 heteroatoms. The Balaban J connectivity index is 1.86. The molecule has 1 N–H and O–H groups in total. The second-order valence-electron chi connectivity index (χ2n) is 7.29. The van der Waals surface area contributed by atoms with Crippen molar-refractivity contribution in [3.8, 4) is 6.07 Å². The quantitative estimate of drug-likeness (QED) is 0.915. The number of piperidine rings is 1. The van der Waals surface area contributed by atoms with Gasteiger partial charge in [0.05, 0.1) is 17.6 Å². The standard InChI is InChI=1S/C19H25N3O3/c1-19(2,3)25-18(24)22-10-4-5-16(13-22)17(23)21-12-15-8-6-14(11-20)7-9-15/h6-9,16H,4-5,10,12-13H2,1-3H3,(H,21,23)/t16-/m0/s1. The first-order chi connectivity index (χ1) is 11.8. The van der Waals surface area contributed by atoms with Crippen molar-refractivity contribution in [2.75, 3.05) is 13.1 Å². The van der Waals surface area contributed by atoms with Crippen molar-refractivity contribution in [2.45, 2.75) is 45.8 Å². The van der Waals surface area contributed by atoms with Gasteiger partial charge in [-0.2, -0.15) is 5.26 Å². The molecule has 1 aromatic rings. The summed E-state index contributed by atoms with van der Waals surface area (Å²) in [5.74, 6) is -0.280. The predicted molar refractivity (Wildman–Crippen MR) is 93.5 cm³/mol. The van der Waals surface area contributed by atoms with E-state index in [1.807, 2.05) is 32.9 Å². The van der Waals surface area contributed by atoms with E-state index in [0.717, 1.165) is 18.4 Å². The van der Waals surface area contributed by atoms with E-state index >= 15 is 0 Å². The average Bonchev–Trinajstić information content (AvgIpc) is 2.58. The van der Waals surface area contributed by atoms with Gasteiger partial charge in [0.25, 0.3) is 0 Å². The number of carbonyl (C=O) groups is 2. The molecule has 0 unspecified atom stereocenters. The van der Waals surface area contributed by atoms with Crippen LogP contribution in [-0.4, -0.2) is 35.6 Å². The van der Waals surface area contributed by atoms with Crippen molar-refractivity contribution in [1.82, 2.24) is 10.2 Å². The number of carbonyl (C=O) groups excluding carboxylic acids is 2. The Bertz CT molecular complexity index is 656. The molecule has 1 aliphatic rings. The number of nitrogens with one attached hydrogen (secondary N) is 1. The minimum atomic E-state index is -0.540. The monoisotopic (exact) mass is 343 g/mol. The van der Waals surface area contributed by atoms with Gasteiger partial charge in [-0.3, -0.25) is 4.79 Å². The van der Waals surface area contributed by atoms with Crippen LogP contribution in [0.4, 0.5) is 4.79 Å². The molecule has 0 saturated carbocycles. The summed E-state index contributed by atoms with van der Waals surface area (Å²) in [6.45, 7) is 6.90. The van der Waals surface area contributed by atoms with E-state index < -0.39 is 5.60 Å². The van der Waals surface area contributed by atoms with E-state index in [0.29, 0.717) is 25.2 Å². The largest absolute Gasteiger partial charge is 0.444 e. The van der Waals surface area contributed by atoms with Crippen molar-refractivity contribution in [2.24, 2.45) is 5.92 Å². The minimum Gasteiger partial charge on any atom is -0.444 e. The molecule has 1 fully saturated rings. The molecule has 0 bridgehead atoms. The van der Waals surface area contributed by atoms with E-state index in [1.165, 1.54) is 0 Å². The van der Waals surface area contributed by atoms with Crippen molar-refractivity contribution in [1.29, 1.82) is 5.26 Å². The maximum Gasteiger partial charge on any atom is 0.410 e. The summed E-state index contributed by atoms with van der Waals surface area (Å²) in [4.78, 5) is 26.2. The summed E-state index contributed by atoms with van der Waals surface area (Å²) in [6, 6.07) is 9.17. The third-order valence-electron chi connectivity index (χ3n) is 3.99. The lowest BCUT2D eigenvalue weighted by molar-refractivity contribution is -0.126. The highest BCUT2D eigenvalue weighted by Gasteiger charge is 2.30. The van der Waals surface area contributed by atoms with E-state index in [1.54, 1.807) is 17.0 Å². The fraction of sp³-hybridized carbons (Fsp3) is 0.526. The van der Waals surface area contributed by atoms with Crippen LogP contribution in [0, 0.1) is 17.2 Å². The number of rotatable bonds is 3. The van der Waals surface area contributed by atoms with Crippen molar-refractivity contribution in [3.05, 3.63) is 35.4 Å². The number of hydrogen-bond donors (Lipinski definition) is 1. The third-order valence-corrected chi connectivity index (χ3v) is 3.99. The summed E-state index contributed by atoms with van der Waals surface area (Å²) < 4.78 is 5.39. The van der Waals surface area contributed by atoms with Gasteiger partial charge >= 0.3 is 6.09 Å². The fourth-order valence-electron chi connectivity index (χ4n) is 2.71. The molecule has 1 aliphatic heterocycles. The maximum atomic E-state index is 12.4. The molecular weight excluding hydrogens is 318 g/mol. The van der Waals surface area contributed by atoms with Crippen LogP contribution >= 0.6 is 0 Å². The summed E-state index contributed by atoms with van der Waals surface area (Å²) >= 11 is 0. The van der Waals surface area contributed by atoms with Crippen LogP contribution in [0.5, 0.6) is 0 Å². The van der Waals surface area contributed by atoms with Gasteiger partial charge in [0.1, 0.15) is 5.60 Å². The molecule has 0 spiro atoms. The Kier molecular flexibility index (Phi) is 6.02. The van der Waals surface area contributed by atoms with E-state index in [9.17, 15) is 9.59 Å². The lowest BCUT2D eigenvalue weighted by Gasteiger charge is -2.33. The number of likely N-dealkylation sites (tertiary alicyclic amines) is 1. The first-order valence-electron chi connectivity index (χ1n) is 8.53. The zero-order valence-corrected chi connectivity index (χ0v) is 15.0. The Labute approximate surface area is 148 Å². The number of benzene rings is 1. The Morgan fingerprint density at radius 1 is 1.32 bits per heavy atom. The summed E-state index contributed by atoms with van der Waals surface area (Å²) in [6.07, 6.45) is 1.18. The van der Waals surface area contributed by atoms with Gasteiger partial charge < -0.3 is 15.0 Å². The van der Waals surface area contributed by atoms with Crippen LogP contribution in [0.25, 0.3) is 0 Å². The Morgan fingerprint density at radius 2 is 2.00 bits per heavy atom. The first kappa shape index (κ1) is 18.8. The zero-order valence-electron chi connectivity index (χ0n) is 15.0. The second kappa shape index (κ2) is 8.02. The van der Waals surface area contributed by atoms with Crippen molar-refractivity contribution < 1.29 is 14.3 Å². The van der Waals surface area contributed by atoms with Crippen molar-refractivity contribution >= 4 is 12.0 Å². The van der Waals surface area contributed by atoms with E-state index in [-0.39, 0.29) is 17.9 Å². The number of hydrogen-bond acceptors (Lipinski definition) is 4. The lowest BCUT2D eigenvalue weighted by atomic mass is 9.97. The van der Waals surface area contributed by atoms with Gasteiger partial charge in [-0.05, 0) is 51.3 Å². The molecule has 0 aromatic heterocycles. The molecular formula is C19H25N3O3. The Hall–Kier alpha value is -2.55. The maximum absolute atomic E-state index is 12.4. The Morgan fingerprint density at radius 3 is 2.60 bits per heavy atom. The van der Waals surface area contributed by atoms with Crippen LogP contribution in [0.2, 0.25) is 0 Å². The van der Waals surface area contributed by atoms with Gasteiger partial charge in [0.2, 0.25) is 5.91 Å². The number of amides is 2.